The average Bonchev–Trinajstić information content (AvgIpc) is 3.18. The van der Waals surface area contributed by atoms with Crippen molar-refractivity contribution in [1.29, 1.82) is 0 Å². The van der Waals surface area contributed by atoms with Crippen LogP contribution < -0.4 is 10.6 Å². The molecule has 138 valence electrons. The highest BCUT2D eigenvalue weighted by atomic mass is 32.2. The third kappa shape index (κ3) is 5.08. The topological polar surface area (TPSA) is 75.3 Å². The third-order valence-electron chi connectivity index (χ3n) is 4.65. The van der Waals surface area contributed by atoms with Gasteiger partial charge in [-0.2, -0.15) is 0 Å². The van der Waals surface area contributed by atoms with E-state index in [-0.39, 0.29) is 23.3 Å². The van der Waals surface area contributed by atoms with Crippen LogP contribution in [-0.2, 0) is 14.6 Å². The number of benzene rings is 2. The highest BCUT2D eigenvalue weighted by Gasteiger charge is 2.28. The molecule has 1 aliphatic rings. The summed E-state index contributed by atoms with van der Waals surface area (Å²) >= 11 is 0. The molecule has 26 heavy (non-hydrogen) atoms. The Hall–Kier alpha value is -2.34. The average molecular weight is 372 g/mol. The van der Waals surface area contributed by atoms with Gasteiger partial charge in [-0.05, 0) is 49.2 Å². The molecule has 1 fully saturated rings. The zero-order chi connectivity index (χ0) is 18.4. The standard InChI is InChI=1S/C20H24N2O3S/c23-20(14-15-26(24,25)19-8-4-5-9-19)22-18-12-10-17(11-13-18)21-16-6-2-1-3-7-16/h1-3,6-7,10-13,19,21H,4-5,8-9,14-15H2,(H,22,23). The van der Waals surface area contributed by atoms with E-state index in [9.17, 15) is 13.2 Å². The lowest BCUT2D eigenvalue weighted by molar-refractivity contribution is -0.115. The maximum atomic E-state index is 12.2. The molecule has 2 aromatic rings. The van der Waals surface area contributed by atoms with Crippen LogP contribution in [0.25, 0.3) is 0 Å². The van der Waals surface area contributed by atoms with Gasteiger partial charge in [0.2, 0.25) is 5.91 Å². The van der Waals surface area contributed by atoms with Gasteiger partial charge in [-0.3, -0.25) is 4.79 Å². The van der Waals surface area contributed by atoms with Gasteiger partial charge < -0.3 is 10.6 Å². The van der Waals surface area contributed by atoms with Gasteiger partial charge in [-0.1, -0.05) is 31.0 Å². The van der Waals surface area contributed by atoms with Crippen molar-refractivity contribution < 1.29 is 13.2 Å². The molecular formula is C20H24N2O3S. The molecule has 2 aromatic carbocycles. The molecule has 0 aromatic heterocycles. The first-order valence-corrected chi connectivity index (χ1v) is 10.7. The van der Waals surface area contributed by atoms with E-state index in [1.165, 1.54) is 0 Å². The van der Waals surface area contributed by atoms with Crippen LogP contribution in [-0.4, -0.2) is 25.3 Å². The van der Waals surface area contributed by atoms with Gasteiger partial charge in [-0.25, -0.2) is 8.42 Å². The van der Waals surface area contributed by atoms with E-state index in [2.05, 4.69) is 10.6 Å². The summed E-state index contributed by atoms with van der Waals surface area (Å²) in [5.74, 6) is -0.340. The molecule has 0 bridgehead atoms. The van der Waals surface area contributed by atoms with E-state index in [0.717, 1.165) is 37.1 Å². The zero-order valence-electron chi connectivity index (χ0n) is 14.6. The van der Waals surface area contributed by atoms with E-state index in [1.807, 2.05) is 42.5 Å². The van der Waals surface area contributed by atoms with E-state index in [1.54, 1.807) is 12.1 Å². The summed E-state index contributed by atoms with van der Waals surface area (Å²) in [6.45, 7) is 0. The second kappa shape index (κ2) is 8.36. The fraction of sp³-hybridized carbons (Fsp3) is 0.350. The van der Waals surface area contributed by atoms with Crippen molar-refractivity contribution in [1.82, 2.24) is 0 Å². The number of para-hydroxylation sites is 1. The molecule has 0 spiro atoms. The maximum Gasteiger partial charge on any atom is 0.225 e. The van der Waals surface area contributed by atoms with Crippen LogP contribution in [0.1, 0.15) is 32.1 Å². The van der Waals surface area contributed by atoms with Crippen LogP contribution in [0.5, 0.6) is 0 Å². The van der Waals surface area contributed by atoms with Crippen LogP contribution in [0.15, 0.2) is 54.6 Å². The molecule has 0 unspecified atom stereocenters. The molecule has 0 saturated heterocycles. The summed E-state index contributed by atoms with van der Waals surface area (Å²) < 4.78 is 24.4. The van der Waals surface area contributed by atoms with E-state index in [0.29, 0.717) is 5.69 Å². The predicted molar refractivity (Wildman–Crippen MR) is 105 cm³/mol. The molecule has 0 aliphatic heterocycles. The summed E-state index contributed by atoms with van der Waals surface area (Å²) in [6.07, 6.45) is 3.42. The van der Waals surface area contributed by atoms with Gasteiger partial charge in [0.15, 0.2) is 9.84 Å². The molecule has 0 atom stereocenters. The number of amides is 1. The number of carbonyl (C=O) groups excluding carboxylic acids is 1. The molecule has 1 aliphatic carbocycles. The Bertz CT molecular complexity index is 827. The molecule has 2 N–H and O–H groups in total. The first-order valence-electron chi connectivity index (χ1n) is 8.96. The summed E-state index contributed by atoms with van der Waals surface area (Å²) in [5, 5.41) is 5.78. The Morgan fingerprint density at radius 3 is 2.12 bits per heavy atom. The van der Waals surface area contributed by atoms with Crippen molar-refractivity contribution in [3.05, 3.63) is 54.6 Å². The molecule has 6 heteroatoms. The van der Waals surface area contributed by atoms with Crippen molar-refractivity contribution in [3.63, 3.8) is 0 Å². The highest BCUT2D eigenvalue weighted by molar-refractivity contribution is 7.92. The maximum absolute atomic E-state index is 12.2. The van der Waals surface area contributed by atoms with Gasteiger partial charge >= 0.3 is 0 Å². The van der Waals surface area contributed by atoms with Crippen LogP contribution >= 0.6 is 0 Å². The molecule has 1 saturated carbocycles. The Balaban J connectivity index is 1.50. The Morgan fingerprint density at radius 2 is 1.46 bits per heavy atom. The molecule has 1 amide bonds. The second-order valence-corrected chi connectivity index (χ2v) is 9.04. The van der Waals surface area contributed by atoms with Crippen LogP contribution in [0, 0.1) is 0 Å². The van der Waals surface area contributed by atoms with Crippen molar-refractivity contribution in [2.24, 2.45) is 0 Å². The molecule has 5 nitrogen and oxygen atoms in total. The minimum atomic E-state index is -3.16. The number of hydrogen-bond acceptors (Lipinski definition) is 4. The van der Waals surface area contributed by atoms with Gasteiger partial charge in [-0.15, -0.1) is 0 Å². The SMILES string of the molecule is O=C(CCS(=O)(=O)C1CCCC1)Nc1ccc(Nc2ccccc2)cc1. The number of rotatable bonds is 7. The molecule has 0 radical (unpaired) electrons. The Kier molecular flexibility index (Phi) is 5.93. The van der Waals surface area contributed by atoms with Gasteiger partial charge in [0, 0.05) is 23.5 Å². The number of carbonyl (C=O) groups is 1. The number of anilines is 3. The first kappa shape index (κ1) is 18.5. The van der Waals surface area contributed by atoms with Crippen molar-refractivity contribution >= 4 is 32.8 Å². The predicted octanol–water partition coefficient (Wildman–Crippen LogP) is 4.12. The molecular weight excluding hydrogens is 348 g/mol. The highest BCUT2D eigenvalue weighted by Crippen LogP contribution is 2.25. The summed E-state index contributed by atoms with van der Waals surface area (Å²) in [6, 6.07) is 17.2. The molecule has 3 rings (SSSR count). The van der Waals surface area contributed by atoms with Crippen LogP contribution in [0.4, 0.5) is 17.1 Å². The molecule has 0 heterocycles. The lowest BCUT2D eigenvalue weighted by Gasteiger charge is -2.11. The summed E-state index contributed by atoms with van der Waals surface area (Å²) in [7, 11) is -3.16. The third-order valence-corrected chi connectivity index (χ3v) is 6.92. The number of nitrogens with one attached hydrogen (secondary N) is 2. The van der Waals surface area contributed by atoms with Crippen molar-refractivity contribution in [2.75, 3.05) is 16.4 Å². The van der Waals surface area contributed by atoms with Crippen LogP contribution in [0.2, 0.25) is 0 Å². The second-order valence-electron chi connectivity index (χ2n) is 6.64. The lowest BCUT2D eigenvalue weighted by atomic mass is 10.2. The minimum absolute atomic E-state index is 0.00283. The summed E-state index contributed by atoms with van der Waals surface area (Å²) in [5.41, 5.74) is 2.56. The van der Waals surface area contributed by atoms with E-state index >= 15 is 0 Å². The minimum Gasteiger partial charge on any atom is -0.356 e. The van der Waals surface area contributed by atoms with Crippen molar-refractivity contribution in [3.8, 4) is 0 Å². The van der Waals surface area contributed by atoms with Crippen molar-refractivity contribution in [2.45, 2.75) is 37.4 Å². The van der Waals surface area contributed by atoms with Gasteiger partial charge in [0.1, 0.15) is 0 Å². The normalized spacial score (nSPS) is 14.9. The lowest BCUT2D eigenvalue weighted by Crippen LogP contribution is -2.24. The number of sulfone groups is 1. The largest absolute Gasteiger partial charge is 0.356 e. The number of hydrogen-bond donors (Lipinski definition) is 2. The van der Waals surface area contributed by atoms with Gasteiger partial charge in [0.05, 0.1) is 11.0 Å². The zero-order valence-corrected chi connectivity index (χ0v) is 15.5. The summed E-state index contributed by atoms with van der Waals surface area (Å²) in [4.78, 5) is 12.1. The Labute approximate surface area is 154 Å². The quantitative estimate of drug-likeness (QED) is 0.767. The van der Waals surface area contributed by atoms with E-state index in [4.69, 9.17) is 0 Å². The fourth-order valence-electron chi connectivity index (χ4n) is 3.20. The smallest absolute Gasteiger partial charge is 0.225 e. The van der Waals surface area contributed by atoms with E-state index < -0.39 is 9.84 Å². The fourth-order valence-corrected chi connectivity index (χ4v) is 5.05. The monoisotopic (exact) mass is 372 g/mol. The van der Waals surface area contributed by atoms with Gasteiger partial charge in [0.25, 0.3) is 0 Å². The van der Waals surface area contributed by atoms with Crippen LogP contribution in [0.3, 0.4) is 0 Å². The first-order chi connectivity index (χ1) is 12.5. The Morgan fingerprint density at radius 1 is 0.885 bits per heavy atom.